The number of benzene rings is 3. The number of allylic oxidation sites excluding steroid dienone is 1. The Bertz CT molecular complexity index is 1310. The van der Waals surface area contributed by atoms with Crippen LogP contribution in [0.2, 0.25) is 0 Å². The van der Waals surface area contributed by atoms with Crippen molar-refractivity contribution in [3.05, 3.63) is 114 Å². The van der Waals surface area contributed by atoms with Gasteiger partial charge < -0.3 is 4.74 Å². The molecule has 0 fully saturated rings. The fourth-order valence-electron chi connectivity index (χ4n) is 4.35. The first-order chi connectivity index (χ1) is 19.0. The first-order valence-corrected chi connectivity index (χ1v) is 13.4. The van der Waals surface area contributed by atoms with Gasteiger partial charge in [0.2, 0.25) is 0 Å². The van der Waals surface area contributed by atoms with Gasteiger partial charge in [0.05, 0.1) is 12.3 Å². The van der Waals surface area contributed by atoms with Crippen molar-refractivity contribution in [3.63, 3.8) is 0 Å². The Kier molecular flexibility index (Phi) is 9.95. The van der Waals surface area contributed by atoms with Crippen LogP contribution in [0, 0.1) is 5.82 Å². The zero-order valence-corrected chi connectivity index (χ0v) is 21.9. The van der Waals surface area contributed by atoms with Crippen LogP contribution < -0.4 is 9.64 Å². The van der Waals surface area contributed by atoms with Gasteiger partial charge in [0.15, 0.2) is 5.78 Å². The number of carbonyl (C=O) groups excluding carboxylic acids is 3. The van der Waals surface area contributed by atoms with Gasteiger partial charge in [0, 0.05) is 17.7 Å². The third kappa shape index (κ3) is 8.34. The van der Waals surface area contributed by atoms with Crippen LogP contribution in [-0.2, 0) is 16.0 Å². The molecule has 3 aromatic carbocycles. The predicted octanol–water partition coefficient (Wildman–Crippen LogP) is 7.11. The number of amides is 2. The molecule has 0 aromatic heterocycles. The smallest absolute Gasteiger partial charge is 0.258 e. The zero-order chi connectivity index (χ0) is 27.5. The Balaban J connectivity index is 1.05. The minimum absolute atomic E-state index is 0.169. The van der Waals surface area contributed by atoms with Crippen molar-refractivity contribution in [2.45, 2.75) is 44.9 Å². The standard InChI is InChI=1S/C33H32FNO4/c34-28-15-13-27(14-16-28)31(36)21-12-26-10-19-30(20-11-26)39-24-6-4-2-1-3-5-7-25-8-17-29(18-9-25)35-32(37)22-23-33(35)38/h8-23H,1-7,24H2. The Morgan fingerprint density at radius 3 is 2.03 bits per heavy atom. The van der Waals surface area contributed by atoms with E-state index in [9.17, 15) is 18.8 Å². The largest absolute Gasteiger partial charge is 0.494 e. The number of nitrogens with zero attached hydrogens (tertiary/aromatic N) is 1. The molecule has 5 nitrogen and oxygen atoms in total. The summed E-state index contributed by atoms with van der Waals surface area (Å²) in [6.45, 7) is 0.669. The molecule has 0 unspecified atom stereocenters. The third-order valence-corrected chi connectivity index (χ3v) is 6.57. The molecule has 1 heterocycles. The van der Waals surface area contributed by atoms with Gasteiger partial charge in [-0.1, -0.05) is 56.0 Å². The van der Waals surface area contributed by atoms with Crippen molar-refractivity contribution in [1.82, 2.24) is 0 Å². The van der Waals surface area contributed by atoms with Gasteiger partial charge in [-0.15, -0.1) is 0 Å². The molecule has 39 heavy (non-hydrogen) atoms. The lowest BCUT2D eigenvalue weighted by Crippen LogP contribution is -2.29. The molecule has 1 aliphatic rings. The van der Waals surface area contributed by atoms with E-state index in [2.05, 4.69) is 0 Å². The fourth-order valence-corrected chi connectivity index (χ4v) is 4.35. The van der Waals surface area contributed by atoms with E-state index in [4.69, 9.17) is 4.74 Å². The van der Waals surface area contributed by atoms with Gasteiger partial charge in [0.1, 0.15) is 11.6 Å². The molecule has 2 amide bonds. The van der Waals surface area contributed by atoms with Crippen LogP contribution in [0.1, 0.15) is 60.0 Å². The fraction of sp³-hybridized carbons (Fsp3) is 0.242. The van der Waals surface area contributed by atoms with Crippen molar-refractivity contribution < 1.29 is 23.5 Å². The molecule has 0 bridgehead atoms. The Morgan fingerprint density at radius 2 is 1.36 bits per heavy atom. The van der Waals surface area contributed by atoms with Crippen LogP contribution in [0.4, 0.5) is 10.1 Å². The topological polar surface area (TPSA) is 63.7 Å². The number of unbranched alkanes of at least 4 members (excludes halogenated alkanes) is 5. The maximum atomic E-state index is 13.0. The van der Waals surface area contributed by atoms with Crippen LogP contribution in [-0.4, -0.2) is 24.2 Å². The quantitative estimate of drug-likeness (QED) is 0.0974. The highest BCUT2D eigenvalue weighted by Crippen LogP contribution is 2.21. The number of aryl methyl sites for hydroxylation is 1. The van der Waals surface area contributed by atoms with Crippen molar-refractivity contribution in [1.29, 1.82) is 0 Å². The van der Waals surface area contributed by atoms with Gasteiger partial charge >= 0.3 is 0 Å². The number of hydrogen-bond acceptors (Lipinski definition) is 4. The second-order valence-corrected chi connectivity index (χ2v) is 9.50. The summed E-state index contributed by atoms with van der Waals surface area (Å²) in [4.78, 5) is 36.9. The molecule has 0 saturated carbocycles. The molecule has 200 valence electrons. The van der Waals surface area contributed by atoms with E-state index in [0.29, 0.717) is 17.9 Å². The SMILES string of the molecule is O=C(C=Cc1ccc(OCCCCCCCCc2ccc(N3C(=O)C=CC3=O)cc2)cc1)c1ccc(F)cc1. The molecular formula is C33H32FNO4. The maximum Gasteiger partial charge on any atom is 0.258 e. The van der Waals surface area contributed by atoms with Gasteiger partial charge in [-0.25, -0.2) is 9.29 Å². The average molecular weight is 526 g/mol. The predicted molar refractivity (Wildman–Crippen MR) is 151 cm³/mol. The van der Waals surface area contributed by atoms with E-state index in [1.165, 1.54) is 65.8 Å². The van der Waals surface area contributed by atoms with Crippen molar-refractivity contribution >= 4 is 29.4 Å². The zero-order valence-electron chi connectivity index (χ0n) is 21.9. The number of imide groups is 1. The summed E-state index contributed by atoms with van der Waals surface area (Å²) >= 11 is 0. The minimum Gasteiger partial charge on any atom is -0.494 e. The Hall–Kier alpha value is -4.32. The number of carbonyl (C=O) groups is 3. The number of rotatable bonds is 14. The van der Waals surface area contributed by atoms with Gasteiger partial charge in [-0.2, -0.15) is 0 Å². The van der Waals surface area contributed by atoms with Crippen LogP contribution in [0.3, 0.4) is 0 Å². The molecule has 6 heteroatoms. The molecule has 0 atom stereocenters. The molecule has 3 aromatic rings. The number of ketones is 1. The summed E-state index contributed by atoms with van der Waals surface area (Å²) in [5, 5.41) is 0. The molecular weight excluding hydrogens is 493 g/mol. The van der Waals surface area contributed by atoms with Crippen LogP contribution in [0.5, 0.6) is 5.75 Å². The molecule has 0 spiro atoms. The van der Waals surface area contributed by atoms with Crippen LogP contribution >= 0.6 is 0 Å². The molecule has 0 radical (unpaired) electrons. The monoisotopic (exact) mass is 525 g/mol. The molecule has 0 aliphatic carbocycles. The van der Waals surface area contributed by atoms with Crippen molar-refractivity contribution in [2.24, 2.45) is 0 Å². The van der Waals surface area contributed by atoms with E-state index in [-0.39, 0.29) is 23.4 Å². The third-order valence-electron chi connectivity index (χ3n) is 6.57. The molecule has 1 aliphatic heterocycles. The van der Waals surface area contributed by atoms with Crippen molar-refractivity contribution in [2.75, 3.05) is 11.5 Å². The van der Waals surface area contributed by atoms with E-state index in [1.54, 1.807) is 6.08 Å². The van der Waals surface area contributed by atoms with Gasteiger partial charge in [-0.3, -0.25) is 14.4 Å². The highest BCUT2D eigenvalue weighted by Gasteiger charge is 2.24. The van der Waals surface area contributed by atoms with E-state index in [0.717, 1.165) is 43.4 Å². The number of anilines is 1. The molecule has 0 N–H and O–H groups in total. The van der Waals surface area contributed by atoms with Crippen LogP contribution in [0.25, 0.3) is 6.08 Å². The lowest BCUT2D eigenvalue weighted by Gasteiger charge is -2.14. The summed E-state index contributed by atoms with van der Waals surface area (Å²) in [6, 6.07) is 20.7. The highest BCUT2D eigenvalue weighted by atomic mass is 19.1. The molecule has 4 rings (SSSR count). The summed E-state index contributed by atoms with van der Waals surface area (Å²) in [6.07, 6.45) is 13.5. The van der Waals surface area contributed by atoms with Gasteiger partial charge in [-0.05, 0) is 85.0 Å². The average Bonchev–Trinajstić information content (AvgIpc) is 3.29. The highest BCUT2D eigenvalue weighted by molar-refractivity contribution is 6.28. The Labute approximate surface area is 228 Å². The lowest BCUT2D eigenvalue weighted by atomic mass is 10.0. The van der Waals surface area contributed by atoms with Crippen molar-refractivity contribution in [3.8, 4) is 5.75 Å². The van der Waals surface area contributed by atoms with Gasteiger partial charge in [0.25, 0.3) is 11.8 Å². The second kappa shape index (κ2) is 14.0. The van der Waals surface area contributed by atoms with E-state index < -0.39 is 0 Å². The summed E-state index contributed by atoms with van der Waals surface area (Å²) < 4.78 is 18.8. The molecule has 0 saturated heterocycles. The number of hydrogen-bond donors (Lipinski definition) is 0. The summed E-state index contributed by atoms with van der Waals surface area (Å²) in [7, 11) is 0. The summed E-state index contributed by atoms with van der Waals surface area (Å²) in [5.74, 6) is -0.314. The second-order valence-electron chi connectivity index (χ2n) is 9.50. The lowest BCUT2D eigenvalue weighted by molar-refractivity contribution is -0.119. The van der Waals surface area contributed by atoms with Crippen LogP contribution in [0.15, 0.2) is 91.0 Å². The minimum atomic E-state index is -0.363. The maximum absolute atomic E-state index is 13.0. The van der Waals surface area contributed by atoms with E-state index in [1.807, 2.05) is 48.5 Å². The van der Waals surface area contributed by atoms with E-state index >= 15 is 0 Å². The summed E-state index contributed by atoms with van der Waals surface area (Å²) in [5.41, 5.74) is 3.17. The first-order valence-electron chi connectivity index (χ1n) is 13.4. The Morgan fingerprint density at radius 1 is 0.744 bits per heavy atom. The first kappa shape index (κ1) is 27.7. The number of ether oxygens (including phenoxy) is 1. The normalized spacial score (nSPS) is 13.0. The number of halogens is 1.